The van der Waals surface area contributed by atoms with Crippen LogP contribution in [-0.4, -0.2) is 23.5 Å². The summed E-state index contributed by atoms with van der Waals surface area (Å²) in [5.74, 6) is -1.06. The molecule has 1 aromatic heterocycles. The summed E-state index contributed by atoms with van der Waals surface area (Å²) in [6, 6.07) is 10.6. The largest absolute Gasteiger partial charge is 0.478 e. The minimum absolute atomic E-state index is 0.0135. The SMILES string of the molecule is CC(C(=O)NCCc1ccc(C(=O)O)cc1)c1cccs1. The monoisotopic (exact) mass is 303 g/mol. The lowest BCUT2D eigenvalue weighted by Crippen LogP contribution is -2.29. The van der Waals surface area contributed by atoms with Gasteiger partial charge in [0.15, 0.2) is 0 Å². The number of hydrogen-bond donors (Lipinski definition) is 2. The fraction of sp³-hybridized carbons (Fsp3) is 0.250. The molecule has 110 valence electrons. The fourth-order valence-electron chi connectivity index (χ4n) is 1.96. The first-order valence-corrected chi connectivity index (χ1v) is 7.59. The van der Waals surface area contributed by atoms with Crippen LogP contribution in [0.4, 0.5) is 0 Å². The Morgan fingerprint density at radius 1 is 1.24 bits per heavy atom. The smallest absolute Gasteiger partial charge is 0.335 e. The van der Waals surface area contributed by atoms with Gasteiger partial charge in [-0.15, -0.1) is 11.3 Å². The third-order valence-electron chi connectivity index (χ3n) is 3.28. The van der Waals surface area contributed by atoms with Crippen LogP contribution in [0.5, 0.6) is 0 Å². The van der Waals surface area contributed by atoms with E-state index in [0.29, 0.717) is 13.0 Å². The van der Waals surface area contributed by atoms with Crippen molar-refractivity contribution in [2.45, 2.75) is 19.3 Å². The minimum Gasteiger partial charge on any atom is -0.478 e. The van der Waals surface area contributed by atoms with Crippen LogP contribution in [0.1, 0.15) is 33.6 Å². The normalized spacial score (nSPS) is 11.9. The van der Waals surface area contributed by atoms with E-state index in [1.54, 1.807) is 35.6 Å². The molecule has 0 aliphatic carbocycles. The summed E-state index contributed by atoms with van der Waals surface area (Å²) in [7, 11) is 0. The van der Waals surface area contributed by atoms with Crippen molar-refractivity contribution >= 4 is 23.2 Å². The maximum absolute atomic E-state index is 12.0. The first-order chi connectivity index (χ1) is 10.1. The highest BCUT2D eigenvalue weighted by Gasteiger charge is 2.15. The number of rotatable bonds is 6. The molecule has 1 unspecified atom stereocenters. The van der Waals surface area contributed by atoms with Crippen molar-refractivity contribution in [2.24, 2.45) is 0 Å². The molecular weight excluding hydrogens is 286 g/mol. The third kappa shape index (κ3) is 4.16. The van der Waals surface area contributed by atoms with Gasteiger partial charge in [-0.2, -0.15) is 0 Å². The fourth-order valence-corrected chi connectivity index (χ4v) is 2.75. The summed E-state index contributed by atoms with van der Waals surface area (Å²) >= 11 is 1.58. The molecular formula is C16H17NO3S. The van der Waals surface area contributed by atoms with Crippen LogP contribution >= 0.6 is 11.3 Å². The zero-order chi connectivity index (χ0) is 15.2. The molecule has 0 saturated carbocycles. The van der Waals surface area contributed by atoms with E-state index in [0.717, 1.165) is 10.4 Å². The van der Waals surface area contributed by atoms with E-state index in [1.807, 2.05) is 24.4 Å². The Labute approximate surface area is 127 Å². The summed E-state index contributed by atoms with van der Waals surface area (Å²) in [6.07, 6.45) is 0.683. The molecule has 0 radical (unpaired) electrons. The van der Waals surface area contributed by atoms with E-state index >= 15 is 0 Å². The summed E-state index contributed by atoms with van der Waals surface area (Å²) in [4.78, 5) is 23.8. The van der Waals surface area contributed by atoms with E-state index in [9.17, 15) is 9.59 Å². The van der Waals surface area contributed by atoms with E-state index in [-0.39, 0.29) is 17.4 Å². The number of amides is 1. The molecule has 1 atom stereocenters. The van der Waals surface area contributed by atoms with Crippen LogP contribution in [0.15, 0.2) is 41.8 Å². The third-order valence-corrected chi connectivity index (χ3v) is 4.33. The number of aromatic carboxylic acids is 1. The van der Waals surface area contributed by atoms with Gasteiger partial charge in [-0.05, 0) is 42.5 Å². The first-order valence-electron chi connectivity index (χ1n) is 6.71. The van der Waals surface area contributed by atoms with Gasteiger partial charge < -0.3 is 10.4 Å². The van der Waals surface area contributed by atoms with Crippen molar-refractivity contribution in [1.82, 2.24) is 5.32 Å². The van der Waals surface area contributed by atoms with Gasteiger partial charge in [0.05, 0.1) is 11.5 Å². The molecule has 5 heteroatoms. The minimum atomic E-state index is -0.931. The second kappa shape index (κ2) is 7.04. The van der Waals surface area contributed by atoms with Gasteiger partial charge >= 0.3 is 5.97 Å². The predicted octanol–water partition coefficient (Wildman–Crippen LogP) is 2.91. The van der Waals surface area contributed by atoms with Crippen molar-refractivity contribution < 1.29 is 14.7 Å². The molecule has 1 amide bonds. The molecule has 2 N–H and O–H groups in total. The van der Waals surface area contributed by atoms with Crippen molar-refractivity contribution in [3.8, 4) is 0 Å². The summed E-state index contributed by atoms with van der Waals surface area (Å²) in [5, 5.41) is 13.7. The summed E-state index contributed by atoms with van der Waals surface area (Å²) in [5.41, 5.74) is 1.28. The molecule has 4 nitrogen and oxygen atoms in total. The number of carboxylic acids is 1. The van der Waals surface area contributed by atoms with Gasteiger partial charge in [0.25, 0.3) is 0 Å². The molecule has 0 saturated heterocycles. The van der Waals surface area contributed by atoms with Crippen LogP contribution in [0.2, 0.25) is 0 Å². The van der Waals surface area contributed by atoms with Crippen LogP contribution in [0.25, 0.3) is 0 Å². The number of carboxylic acid groups (broad SMARTS) is 1. The number of benzene rings is 1. The molecule has 0 aliphatic rings. The summed E-state index contributed by atoms with van der Waals surface area (Å²) < 4.78 is 0. The van der Waals surface area contributed by atoms with Gasteiger partial charge in [-0.25, -0.2) is 4.79 Å². The lowest BCUT2D eigenvalue weighted by Gasteiger charge is -2.10. The molecule has 0 spiro atoms. The maximum atomic E-state index is 12.0. The molecule has 2 rings (SSSR count). The molecule has 2 aromatic rings. The molecule has 0 bridgehead atoms. The van der Waals surface area contributed by atoms with Crippen molar-refractivity contribution in [3.63, 3.8) is 0 Å². The Morgan fingerprint density at radius 2 is 1.95 bits per heavy atom. The highest BCUT2D eigenvalue weighted by Crippen LogP contribution is 2.20. The Kier molecular flexibility index (Phi) is 5.11. The Bertz CT molecular complexity index is 605. The highest BCUT2D eigenvalue weighted by molar-refractivity contribution is 7.10. The van der Waals surface area contributed by atoms with E-state index < -0.39 is 5.97 Å². The Morgan fingerprint density at radius 3 is 2.52 bits per heavy atom. The van der Waals surface area contributed by atoms with Crippen molar-refractivity contribution in [3.05, 3.63) is 57.8 Å². The quantitative estimate of drug-likeness (QED) is 0.862. The number of carbonyl (C=O) groups excluding carboxylic acids is 1. The van der Waals surface area contributed by atoms with E-state index in [1.165, 1.54) is 0 Å². The summed E-state index contributed by atoms with van der Waals surface area (Å²) in [6.45, 7) is 2.43. The number of nitrogens with one attached hydrogen (secondary N) is 1. The lowest BCUT2D eigenvalue weighted by atomic mass is 10.1. The zero-order valence-corrected chi connectivity index (χ0v) is 12.5. The van der Waals surface area contributed by atoms with Crippen molar-refractivity contribution in [1.29, 1.82) is 0 Å². The molecule has 1 heterocycles. The topological polar surface area (TPSA) is 66.4 Å². The van der Waals surface area contributed by atoms with Gasteiger partial charge in [0, 0.05) is 11.4 Å². The van der Waals surface area contributed by atoms with Gasteiger partial charge in [0.2, 0.25) is 5.91 Å². The molecule has 1 aromatic carbocycles. The van der Waals surface area contributed by atoms with Crippen LogP contribution in [0, 0.1) is 0 Å². The van der Waals surface area contributed by atoms with Gasteiger partial charge in [-0.1, -0.05) is 18.2 Å². The highest BCUT2D eigenvalue weighted by atomic mass is 32.1. The Hall–Kier alpha value is -2.14. The number of thiophene rings is 1. The van der Waals surface area contributed by atoms with Crippen LogP contribution in [-0.2, 0) is 11.2 Å². The van der Waals surface area contributed by atoms with E-state index in [4.69, 9.17) is 5.11 Å². The van der Waals surface area contributed by atoms with Gasteiger partial charge in [0.1, 0.15) is 0 Å². The molecule has 0 aliphatic heterocycles. The standard InChI is InChI=1S/C16H17NO3S/c1-11(14-3-2-10-21-14)15(18)17-9-8-12-4-6-13(7-5-12)16(19)20/h2-7,10-11H,8-9H2,1H3,(H,17,18)(H,19,20). The maximum Gasteiger partial charge on any atom is 0.335 e. The second-order valence-corrected chi connectivity index (χ2v) is 5.76. The molecule has 21 heavy (non-hydrogen) atoms. The first kappa shape index (κ1) is 15.3. The lowest BCUT2D eigenvalue weighted by molar-refractivity contribution is -0.122. The van der Waals surface area contributed by atoms with Crippen LogP contribution in [0.3, 0.4) is 0 Å². The number of carbonyl (C=O) groups is 2. The second-order valence-electron chi connectivity index (χ2n) is 4.78. The average Bonchev–Trinajstić information content (AvgIpc) is 3.01. The van der Waals surface area contributed by atoms with Gasteiger partial charge in [-0.3, -0.25) is 4.79 Å². The predicted molar refractivity (Wildman–Crippen MR) is 82.8 cm³/mol. The van der Waals surface area contributed by atoms with E-state index in [2.05, 4.69) is 5.32 Å². The molecule has 0 fully saturated rings. The Balaban J connectivity index is 1.81. The van der Waals surface area contributed by atoms with Crippen LogP contribution < -0.4 is 5.32 Å². The average molecular weight is 303 g/mol. The number of hydrogen-bond acceptors (Lipinski definition) is 3. The van der Waals surface area contributed by atoms with Crippen molar-refractivity contribution in [2.75, 3.05) is 6.54 Å². The zero-order valence-electron chi connectivity index (χ0n) is 11.7.